The van der Waals surface area contributed by atoms with Gasteiger partial charge in [-0.25, -0.2) is 0 Å². The predicted molar refractivity (Wildman–Crippen MR) is 51.3 cm³/mol. The van der Waals surface area contributed by atoms with Crippen LogP contribution in [0.5, 0.6) is 0 Å². The molecule has 0 rings (SSSR count). The number of methoxy groups -OCH3 is 1. The van der Waals surface area contributed by atoms with E-state index in [-0.39, 0.29) is 29.6 Å². The zero-order valence-corrected chi connectivity index (χ0v) is 11.4. The van der Waals surface area contributed by atoms with Crippen LogP contribution < -0.4 is 0 Å². The molecule has 0 fully saturated rings. The van der Waals surface area contributed by atoms with Crippen LogP contribution in [0.1, 0.15) is 0 Å². The molecule has 3 nitrogen and oxygen atoms in total. The molecule has 0 aromatic heterocycles. The van der Waals surface area contributed by atoms with Crippen molar-refractivity contribution < 1.29 is 13.6 Å². The van der Waals surface area contributed by atoms with E-state index in [1.807, 2.05) is 0 Å². The van der Waals surface area contributed by atoms with E-state index in [4.69, 9.17) is 25.8 Å². The van der Waals surface area contributed by atoms with Crippen molar-refractivity contribution in [1.82, 2.24) is 0 Å². The number of hydrogen-bond donors (Lipinski definition) is 0. The smallest absolute Gasteiger partial charge is 0.329 e. The zero-order chi connectivity index (χ0) is 7.98. The summed E-state index contributed by atoms with van der Waals surface area (Å²) in [6.07, 6.45) is 0. The van der Waals surface area contributed by atoms with Crippen molar-refractivity contribution in [3.63, 3.8) is 0 Å². The third-order valence-corrected chi connectivity index (χ3v) is 3.47. The molecule has 0 spiro atoms. The normalized spacial score (nSPS) is 9.09. The zero-order valence-electron chi connectivity index (χ0n) is 7.42. The van der Waals surface area contributed by atoms with Crippen molar-refractivity contribution in [3.05, 3.63) is 0 Å². The molecule has 0 aromatic rings. The third kappa shape index (κ3) is 7.39. The minimum atomic E-state index is -1.53. The van der Waals surface area contributed by atoms with Gasteiger partial charge in [0.25, 0.3) is 0 Å². The van der Waals surface area contributed by atoms with Crippen molar-refractivity contribution in [2.24, 2.45) is 0 Å². The second-order valence-electron chi connectivity index (χ2n) is 1.68. The van der Waals surface area contributed by atoms with Crippen LogP contribution in [-0.4, -0.2) is 65.2 Å². The van der Waals surface area contributed by atoms with Gasteiger partial charge in [0.05, 0.1) is 13.2 Å². The van der Waals surface area contributed by atoms with Crippen LogP contribution in [0.3, 0.4) is 0 Å². The fourth-order valence-electron chi connectivity index (χ4n) is 0.482. The Kier molecular flexibility index (Phi) is 12.1. The molecule has 1 radical (unpaired) electrons. The molecule has 0 unspecified atom stereocenters. The summed E-state index contributed by atoms with van der Waals surface area (Å²) in [5.41, 5.74) is 0. The van der Waals surface area contributed by atoms with Gasteiger partial charge in [-0.2, -0.15) is 0 Å². The Morgan fingerprint density at radius 3 is 2.00 bits per heavy atom. The second kappa shape index (κ2) is 9.12. The molecule has 11 heavy (non-hydrogen) atoms. The Bertz CT molecular complexity index is 110. The Balaban J connectivity index is 0. The summed E-state index contributed by atoms with van der Waals surface area (Å²) >= 11 is 4.82. The van der Waals surface area contributed by atoms with Gasteiger partial charge in [0.2, 0.25) is 0 Å². The van der Waals surface area contributed by atoms with Crippen LogP contribution in [0.25, 0.3) is 0 Å². The van der Waals surface area contributed by atoms with Crippen molar-refractivity contribution in [1.29, 1.82) is 0 Å². The Morgan fingerprint density at radius 2 is 1.73 bits per heavy atom. The van der Waals surface area contributed by atoms with Crippen LogP contribution in [0.4, 0.5) is 0 Å². The van der Waals surface area contributed by atoms with Gasteiger partial charge in [-0.1, -0.05) is 0 Å². The van der Waals surface area contributed by atoms with Gasteiger partial charge in [0.15, 0.2) is 5.05 Å². The maximum Gasteiger partial charge on any atom is 0.329 e. The van der Waals surface area contributed by atoms with Gasteiger partial charge in [0, 0.05) is 43.8 Å². The fraction of sp³-hybridized carbons (Fsp3) is 0.800. The Hall–Kier alpha value is 1.03. The summed E-state index contributed by atoms with van der Waals surface area (Å²) in [6.45, 7) is 0. The number of thiocarbonyl (C=S) groups is 1. The maximum absolute atomic E-state index is 5.02. The predicted octanol–water partition coefficient (Wildman–Crippen LogP) is 0.0927. The second-order valence-corrected chi connectivity index (χ2v) is 4.35. The van der Waals surface area contributed by atoms with E-state index in [2.05, 4.69) is 0 Å². The molecule has 0 aliphatic heterocycles. The average molecular weight is 203 g/mol. The number of rotatable bonds is 4. The van der Waals surface area contributed by atoms with E-state index in [1.165, 1.54) is 0 Å². The first kappa shape index (κ1) is 14.5. The first-order chi connectivity index (χ1) is 4.74. The van der Waals surface area contributed by atoms with Crippen LogP contribution in [0.15, 0.2) is 0 Å². The number of hydrogen-bond acceptors (Lipinski definition) is 4. The summed E-state index contributed by atoms with van der Waals surface area (Å²) < 4.78 is 14.8. The molecule has 0 aliphatic rings. The van der Waals surface area contributed by atoms with E-state index in [0.717, 1.165) is 0 Å². The van der Waals surface area contributed by atoms with Gasteiger partial charge < -0.3 is 13.6 Å². The van der Waals surface area contributed by atoms with Crippen molar-refractivity contribution in [2.75, 3.05) is 21.3 Å². The quantitative estimate of drug-likeness (QED) is 0.478. The molecule has 0 N–H and O–H groups in total. The molecule has 61 valence electrons. The van der Waals surface area contributed by atoms with Crippen molar-refractivity contribution in [3.8, 4) is 0 Å². The Labute approximate surface area is 96.5 Å². The molecule has 0 bridgehead atoms. The molecular weight excluding hydrogens is 191 g/mol. The fourth-order valence-corrected chi connectivity index (χ4v) is 1.86. The van der Waals surface area contributed by atoms with Crippen molar-refractivity contribution >= 4 is 56.1 Å². The molecule has 0 aromatic carbocycles. The van der Waals surface area contributed by atoms with Crippen LogP contribution in [0, 0.1) is 0 Å². The molecule has 0 heterocycles. The molecule has 0 saturated carbocycles. The van der Waals surface area contributed by atoms with Gasteiger partial charge in [0.1, 0.15) is 0 Å². The van der Waals surface area contributed by atoms with E-state index in [0.29, 0.717) is 11.1 Å². The minimum Gasteiger partial charge on any atom is -0.490 e. The third-order valence-electron chi connectivity index (χ3n) is 1.09. The standard InChI is InChI=1S/C5H12O3SSi.Na/c1-6-5(9)4-10(7-2)8-3;/h10H,4H2,1-3H3;. The van der Waals surface area contributed by atoms with E-state index in [9.17, 15) is 0 Å². The topological polar surface area (TPSA) is 27.7 Å². The van der Waals surface area contributed by atoms with Crippen LogP contribution >= 0.6 is 12.2 Å². The molecule has 6 heteroatoms. The van der Waals surface area contributed by atoms with E-state index >= 15 is 0 Å². The summed E-state index contributed by atoms with van der Waals surface area (Å²) in [7, 11) is 3.27. The van der Waals surface area contributed by atoms with Crippen LogP contribution in [-0.2, 0) is 13.6 Å². The monoisotopic (exact) mass is 203 g/mol. The van der Waals surface area contributed by atoms with Gasteiger partial charge in [-0.05, 0) is 12.2 Å². The van der Waals surface area contributed by atoms with Crippen LogP contribution in [0.2, 0.25) is 6.04 Å². The summed E-state index contributed by atoms with van der Waals surface area (Å²) in [6, 6.07) is 0.638. The van der Waals surface area contributed by atoms with Gasteiger partial charge in [-0.3, -0.25) is 0 Å². The maximum atomic E-state index is 5.02. The van der Waals surface area contributed by atoms with E-state index < -0.39 is 9.28 Å². The first-order valence-electron chi connectivity index (χ1n) is 2.87. The molecule has 0 amide bonds. The number of ether oxygens (including phenoxy) is 1. The molecular formula is C5H12NaO3SSi. The SMILES string of the molecule is COC(=S)C[SiH](OC)OC.[Na]. The summed E-state index contributed by atoms with van der Waals surface area (Å²) in [4.78, 5) is 0. The van der Waals surface area contributed by atoms with E-state index in [1.54, 1.807) is 21.3 Å². The Morgan fingerprint density at radius 1 is 1.27 bits per heavy atom. The average Bonchev–Trinajstić information content (AvgIpc) is 1.99. The molecule has 0 aliphatic carbocycles. The largest absolute Gasteiger partial charge is 0.490 e. The van der Waals surface area contributed by atoms with Gasteiger partial charge in [-0.15, -0.1) is 0 Å². The minimum absolute atomic E-state index is 0. The first-order valence-corrected chi connectivity index (χ1v) is 5.03. The molecule has 0 saturated heterocycles. The summed E-state index contributed by atoms with van der Waals surface area (Å²) in [5.74, 6) is 0. The van der Waals surface area contributed by atoms with Gasteiger partial charge >= 0.3 is 9.28 Å². The summed E-state index contributed by atoms with van der Waals surface area (Å²) in [5, 5.41) is 0.556. The molecule has 0 atom stereocenters. The van der Waals surface area contributed by atoms with Crippen molar-refractivity contribution in [2.45, 2.75) is 6.04 Å².